The summed E-state index contributed by atoms with van der Waals surface area (Å²) in [4.78, 5) is 14.8. The average molecular weight is 419 g/mol. The van der Waals surface area contributed by atoms with Crippen LogP contribution in [0.25, 0.3) is 10.9 Å². The van der Waals surface area contributed by atoms with E-state index in [0.29, 0.717) is 5.56 Å². The molecule has 0 saturated heterocycles. The lowest BCUT2D eigenvalue weighted by atomic mass is 10.0. The SMILES string of the molecule is O=C(NCC(O)C(O)c1c[nH]c2ccc(Br)cc12)OCc1ccccc1. The molecule has 6 nitrogen and oxygen atoms in total. The highest BCUT2D eigenvalue weighted by atomic mass is 79.9. The van der Waals surface area contributed by atoms with E-state index in [4.69, 9.17) is 4.74 Å². The number of hydrogen-bond donors (Lipinski definition) is 4. The Kier molecular flexibility index (Phi) is 5.92. The number of carbonyl (C=O) groups excluding carboxylic acids is 1. The minimum absolute atomic E-state index is 0.129. The topological polar surface area (TPSA) is 94.6 Å². The Morgan fingerprint density at radius 3 is 2.73 bits per heavy atom. The van der Waals surface area contributed by atoms with Crippen molar-refractivity contribution in [2.75, 3.05) is 6.54 Å². The summed E-state index contributed by atoms with van der Waals surface area (Å²) in [7, 11) is 0. The first-order valence-electron chi connectivity index (χ1n) is 8.12. The first-order valence-corrected chi connectivity index (χ1v) is 8.91. The van der Waals surface area contributed by atoms with Crippen molar-refractivity contribution in [1.82, 2.24) is 10.3 Å². The number of benzene rings is 2. The summed E-state index contributed by atoms with van der Waals surface area (Å²) in [5.41, 5.74) is 2.28. The van der Waals surface area contributed by atoms with Gasteiger partial charge in [0.05, 0.1) is 0 Å². The van der Waals surface area contributed by atoms with Gasteiger partial charge in [0, 0.05) is 33.7 Å². The van der Waals surface area contributed by atoms with Crippen LogP contribution in [-0.2, 0) is 11.3 Å². The first-order chi connectivity index (χ1) is 12.5. The fourth-order valence-corrected chi connectivity index (χ4v) is 3.00. The lowest BCUT2D eigenvalue weighted by molar-refractivity contribution is 0.0192. The van der Waals surface area contributed by atoms with Gasteiger partial charge in [0.15, 0.2) is 0 Å². The van der Waals surface area contributed by atoms with Crippen LogP contribution in [0.5, 0.6) is 0 Å². The van der Waals surface area contributed by atoms with Crippen LogP contribution in [0.15, 0.2) is 59.2 Å². The number of aliphatic hydroxyl groups is 2. The zero-order chi connectivity index (χ0) is 18.5. The van der Waals surface area contributed by atoms with Crippen molar-refractivity contribution in [2.24, 2.45) is 0 Å². The van der Waals surface area contributed by atoms with Crippen LogP contribution in [0, 0.1) is 0 Å². The molecule has 7 heteroatoms. The zero-order valence-electron chi connectivity index (χ0n) is 13.9. The number of aromatic amines is 1. The van der Waals surface area contributed by atoms with Gasteiger partial charge in [-0.1, -0.05) is 46.3 Å². The summed E-state index contributed by atoms with van der Waals surface area (Å²) in [6, 6.07) is 14.9. The molecule has 0 aliphatic rings. The van der Waals surface area contributed by atoms with E-state index in [-0.39, 0.29) is 13.2 Å². The van der Waals surface area contributed by atoms with E-state index in [0.717, 1.165) is 20.9 Å². The Balaban J connectivity index is 1.54. The first kappa shape index (κ1) is 18.4. The molecular weight excluding hydrogens is 400 g/mol. The molecule has 0 radical (unpaired) electrons. The largest absolute Gasteiger partial charge is 0.445 e. The van der Waals surface area contributed by atoms with E-state index in [9.17, 15) is 15.0 Å². The van der Waals surface area contributed by atoms with Crippen molar-refractivity contribution in [2.45, 2.75) is 18.8 Å². The molecule has 3 aromatic rings. The molecule has 0 spiro atoms. The zero-order valence-corrected chi connectivity index (χ0v) is 15.4. The summed E-state index contributed by atoms with van der Waals surface area (Å²) in [5, 5.41) is 23.9. The number of ether oxygens (including phenoxy) is 1. The highest BCUT2D eigenvalue weighted by Crippen LogP contribution is 2.28. The number of aliphatic hydroxyl groups excluding tert-OH is 2. The number of H-pyrrole nitrogens is 1. The fourth-order valence-electron chi connectivity index (χ4n) is 2.64. The van der Waals surface area contributed by atoms with Gasteiger partial charge in [0.2, 0.25) is 0 Å². The standard InChI is InChI=1S/C19H19BrN2O4/c20-13-6-7-16-14(8-13)15(9-21-16)18(24)17(23)10-22-19(25)26-11-12-4-2-1-3-5-12/h1-9,17-18,21,23-24H,10-11H2,(H,22,25). The van der Waals surface area contributed by atoms with E-state index in [2.05, 4.69) is 26.2 Å². The summed E-state index contributed by atoms with van der Waals surface area (Å²) in [6.45, 7) is 0.0112. The van der Waals surface area contributed by atoms with Gasteiger partial charge in [-0.25, -0.2) is 4.79 Å². The van der Waals surface area contributed by atoms with E-state index >= 15 is 0 Å². The predicted octanol–water partition coefficient (Wildman–Crippen LogP) is 3.25. The van der Waals surface area contributed by atoms with Gasteiger partial charge in [0.1, 0.15) is 18.8 Å². The Hall–Kier alpha value is -2.35. The molecule has 4 N–H and O–H groups in total. The summed E-state index contributed by atoms with van der Waals surface area (Å²) in [5.74, 6) is 0. The minimum atomic E-state index is -1.17. The van der Waals surface area contributed by atoms with Gasteiger partial charge in [-0.2, -0.15) is 0 Å². The molecular formula is C19H19BrN2O4. The molecule has 2 aromatic carbocycles. The maximum atomic E-state index is 11.7. The molecule has 0 aliphatic heterocycles. The summed E-state index contributed by atoms with van der Waals surface area (Å²) in [6.07, 6.45) is -1.31. The van der Waals surface area contributed by atoms with Gasteiger partial charge in [-0.15, -0.1) is 0 Å². The average Bonchev–Trinajstić information content (AvgIpc) is 3.07. The fraction of sp³-hybridized carbons (Fsp3) is 0.211. The Morgan fingerprint density at radius 2 is 1.96 bits per heavy atom. The maximum absolute atomic E-state index is 11.7. The molecule has 3 rings (SSSR count). The molecule has 0 bridgehead atoms. The van der Waals surface area contributed by atoms with Gasteiger partial charge >= 0.3 is 6.09 Å². The normalized spacial score (nSPS) is 13.3. The van der Waals surface area contributed by atoms with Crippen LogP contribution in [0.4, 0.5) is 4.79 Å². The molecule has 1 amide bonds. The predicted molar refractivity (Wildman–Crippen MR) is 102 cm³/mol. The second-order valence-electron chi connectivity index (χ2n) is 5.89. The third-order valence-electron chi connectivity index (χ3n) is 4.03. The van der Waals surface area contributed by atoms with Crippen LogP contribution < -0.4 is 5.32 Å². The number of aromatic nitrogens is 1. The molecule has 0 aliphatic carbocycles. The molecule has 1 heterocycles. The second-order valence-corrected chi connectivity index (χ2v) is 6.80. The van der Waals surface area contributed by atoms with Crippen molar-refractivity contribution in [1.29, 1.82) is 0 Å². The number of halogens is 1. The van der Waals surface area contributed by atoms with Crippen LogP contribution in [-0.4, -0.2) is 33.9 Å². The lowest BCUT2D eigenvalue weighted by Gasteiger charge is -2.18. The number of rotatable bonds is 6. The quantitative estimate of drug-likeness (QED) is 0.494. The van der Waals surface area contributed by atoms with Gasteiger partial charge in [-0.05, 0) is 23.8 Å². The Morgan fingerprint density at radius 1 is 1.19 bits per heavy atom. The number of amides is 1. The van der Waals surface area contributed by atoms with Crippen LogP contribution in [0.2, 0.25) is 0 Å². The van der Waals surface area contributed by atoms with Crippen molar-refractivity contribution in [3.8, 4) is 0 Å². The molecule has 2 unspecified atom stereocenters. The molecule has 2 atom stereocenters. The molecule has 1 aromatic heterocycles. The smallest absolute Gasteiger partial charge is 0.407 e. The monoisotopic (exact) mass is 418 g/mol. The van der Waals surface area contributed by atoms with E-state index in [1.807, 2.05) is 48.5 Å². The van der Waals surface area contributed by atoms with Gasteiger partial charge in [0.25, 0.3) is 0 Å². The van der Waals surface area contributed by atoms with E-state index in [1.165, 1.54) is 0 Å². The Bertz CT molecular complexity index is 882. The van der Waals surface area contributed by atoms with Crippen LogP contribution in [0.3, 0.4) is 0 Å². The molecule has 0 fully saturated rings. The highest BCUT2D eigenvalue weighted by Gasteiger charge is 2.22. The molecule has 26 heavy (non-hydrogen) atoms. The van der Waals surface area contributed by atoms with Crippen molar-refractivity contribution >= 4 is 32.9 Å². The van der Waals surface area contributed by atoms with Crippen LogP contribution >= 0.6 is 15.9 Å². The molecule has 136 valence electrons. The second kappa shape index (κ2) is 8.35. The number of carbonyl (C=O) groups is 1. The number of hydrogen-bond acceptors (Lipinski definition) is 4. The van der Waals surface area contributed by atoms with Crippen molar-refractivity contribution in [3.05, 3.63) is 70.3 Å². The van der Waals surface area contributed by atoms with E-state index < -0.39 is 18.3 Å². The van der Waals surface area contributed by atoms with Crippen molar-refractivity contribution < 1.29 is 19.7 Å². The summed E-state index contributed by atoms with van der Waals surface area (Å²) >= 11 is 3.39. The number of alkyl carbamates (subject to hydrolysis) is 1. The highest BCUT2D eigenvalue weighted by molar-refractivity contribution is 9.10. The lowest BCUT2D eigenvalue weighted by Crippen LogP contribution is -2.35. The Labute approximate surface area is 158 Å². The third kappa shape index (κ3) is 4.43. The van der Waals surface area contributed by atoms with Gasteiger partial charge < -0.3 is 25.3 Å². The van der Waals surface area contributed by atoms with Gasteiger partial charge in [-0.3, -0.25) is 0 Å². The summed E-state index contributed by atoms with van der Waals surface area (Å²) < 4.78 is 5.95. The molecule has 0 saturated carbocycles. The minimum Gasteiger partial charge on any atom is -0.445 e. The van der Waals surface area contributed by atoms with E-state index in [1.54, 1.807) is 6.20 Å². The number of fused-ring (bicyclic) bond motifs is 1. The number of nitrogens with one attached hydrogen (secondary N) is 2. The maximum Gasteiger partial charge on any atom is 0.407 e. The third-order valence-corrected chi connectivity index (χ3v) is 4.52. The van der Waals surface area contributed by atoms with Crippen molar-refractivity contribution in [3.63, 3.8) is 0 Å². The van der Waals surface area contributed by atoms with Crippen LogP contribution in [0.1, 0.15) is 17.2 Å².